The van der Waals surface area contributed by atoms with Gasteiger partial charge in [-0.25, -0.2) is 0 Å². The maximum absolute atomic E-state index is 13.0. The maximum Gasteiger partial charge on any atom is 0.241 e. The summed E-state index contributed by atoms with van der Waals surface area (Å²) in [6, 6.07) is 18.9. The molecule has 4 heteroatoms. The molecule has 0 spiro atoms. The van der Waals surface area contributed by atoms with E-state index in [-0.39, 0.29) is 5.91 Å². The smallest absolute Gasteiger partial charge is 0.241 e. The molecule has 136 valence electrons. The van der Waals surface area contributed by atoms with Gasteiger partial charge < -0.3 is 10.6 Å². The third-order valence-corrected chi connectivity index (χ3v) is 5.82. The Hall–Kier alpha value is -2.17. The van der Waals surface area contributed by atoms with Crippen LogP contribution in [0.15, 0.2) is 54.6 Å². The molecule has 2 aliphatic heterocycles. The highest BCUT2D eigenvalue weighted by atomic mass is 16.2. The summed E-state index contributed by atoms with van der Waals surface area (Å²) in [5, 5.41) is 0. The van der Waals surface area contributed by atoms with E-state index in [1.54, 1.807) is 0 Å². The van der Waals surface area contributed by atoms with Crippen molar-refractivity contribution < 1.29 is 4.79 Å². The van der Waals surface area contributed by atoms with Crippen LogP contribution in [0.3, 0.4) is 0 Å². The predicted octanol–water partition coefficient (Wildman–Crippen LogP) is 2.64. The predicted molar refractivity (Wildman–Crippen MR) is 105 cm³/mol. The zero-order valence-corrected chi connectivity index (χ0v) is 15.2. The number of para-hydroxylation sites is 1. The van der Waals surface area contributed by atoms with E-state index in [2.05, 4.69) is 47.4 Å². The molecule has 2 N–H and O–H groups in total. The van der Waals surface area contributed by atoms with E-state index in [0.717, 1.165) is 38.2 Å². The topological polar surface area (TPSA) is 49.6 Å². The number of hydrogen-bond acceptors (Lipinski definition) is 3. The van der Waals surface area contributed by atoms with Crippen LogP contribution in [-0.2, 0) is 11.2 Å². The van der Waals surface area contributed by atoms with Gasteiger partial charge in [0.05, 0.1) is 6.54 Å². The van der Waals surface area contributed by atoms with Crippen LogP contribution in [0.25, 0.3) is 0 Å². The molecule has 1 saturated heterocycles. The summed E-state index contributed by atoms with van der Waals surface area (Å²) in [6.45, 7) is 3.78. The van der Waals surface area contributed by atoms with Crippen molar-refractivity contribution in [1.29, 1.82) is 0 Å². The minimum Gasteiger partial charge on any atom is -0.330 e. The van der Waals surface area contributed by atoms with Crippen LogP contribution in [0.2, 0.25) is 0 Å². The van der Waals surface area contributed by atoms with E-state index in [1.165, 1.54) is 11.1 Å². The van der Waals surface area contributed by atoms with Crippen LogP contribution in [0, 0.1) is 5.92 Å². The van der Waals surface area contributed by atoms with Crippen LogP contribution in [-0.4, -0.2) is 43.5 Å². The van der Waals surface area contributed by atoms with Crippen molar-refractivity contribution in [2.45, 2.75) is 18.8 Å². The first kappa shape index (κ1) is 17.3. The van der Waals surface area contributed by atoms with Crippen LogP contribution in [0.4, 0.5) is 5.69 Å². The van der Waals surface area contributed by atoms with E-state index in [4.69, 9.17) is 5.73 Å². The first-order chi connectivity index (χ1) is 12.8. The van der Waals surface area contributed by atoms with Gasteiger partial charge in [0, 0.05) is 31.2 Å². The van der Waals surface area contributed by atoms with Gasteiger partial charge in [-0.05, 0) is 42.5 Å². The number of carbonyl (C=O) groups is 1. The molecule has 0 unspecified atom stereocenters. The van der Waals surface area contributed by atoms with Crippen molar-refractivity contribution in [3.63, 3.8) is 0 Å². The molecule has 2 aliphatic rings. The Morgan fingerprint density at radius 1 is 1.04 bits per heavy atom. The number of rotatable bonds is 4. The molecule has 4 rings (SSSR count). The summed E-state index contributed by atoms with van der Waals surface area (Å²) >= 11 is 0. The quantitative estimate of drug-likeness (QED) is 0.923. The number of amides is 1. The Kier molecular flexibility index (Phi) is 5.05. The lowest BCUT2D eigenvalue weighted by molar-refractivity contribution is -0.119. The third kappa shape index (κ3) is 3.39. The SMILES string of the molecule is NC[C@@H]1CN(CC(=O)N2CCCc3ccccc32)C[C@H]1c1ccccc1. The summed E-state index contributed by atoms with van der Waals surface area (Å²) < 4.78 is 0. The Morgan fingerprint density at radius 3 is 2.62 bits per heavy atom. The van der Waals surface area contributed by atoms with Gasteiger partial charge in [-0.15, -0.1) is 0 Å². The van der Waals surface area contributed by atoms with Gasteiger partial charge in [0.25, 0.3) is 0 Å². The fourth-order valence-electron chi connectivity index (χ4n) is 4.48. The van der Waals surface area contributed by atoms with Crippen LogP contribution in [0.1, 0.15) is 23.5 Å². The van der Waals surface area contributed by atoms with Crippen LogP contribution >= 0.6 is 0 Å². The summed E-state index contributed by atoms with van der Waals surface area (Å²) in [4.78, 5) is 17.3. The molecule has 0 aromatic heterocycles. The van der Waals surface area contributed by atoms with E-state index in [1.807, 2.05) is 17.0 Å². The lowest BCUT2D eigenvalue weighted by Gasteiger charge is -2.31. The minimum absolute atomic E-state index is 0.210. The average molecular weight is 349 g/mol. The number of anilines is 1. The number of carbonyl (C=O) groups excluding carboxylic acids is 1. The van der Waals surface area contributed by atoms with E-state index in [0.29, 0.717) is 24.9 Å². The molecule has 0 radical (unpaired) electrons. The molecule has 1 amide bonds. The molecule has 2 heterocycles. The number of nitrogens with two attached hydrogens (primary N) is 1. The lowest BCUT2D eigenvalue weighted by Crippen LogP contribution is -2.42. The monoisotopic (exact) mass is 349 g/mol. The van der Waals surface area contributed by atoms with Gasteiger partial charge in [-0.3, -0.25) is 9.69 Å². The van der Waals surface area contributed by atoms with Crippen LogP contribution < -0.4 is 10.6 Å². The van der Waals surface area contributed by atoms with Crippen molar-refractivity contribution in [1.82, 2.24) is 4.90 Å². The molecular formula is C22H27N3O. The second-order valence-corrected chi connectivity index (χ2v) is 7.48. The van der Waals surface area contributed by atoms with Crippen LogP contribution in [0.5, 0.6) is 0 Å². The van der Waals surface area contributed by atoms with Gasteiger partial charge in [0.2, 0.25) is 5.91 Å². The molecule has 26 heavy (non-hydrogen) atoms. The normalized spacial score (nSPS) is 23.0. The highest BCUT2D eigenvalue weighted by Crippen LogP contribution is 2.32. The highest BCUT2D eigenvalue weighted by Gasteiger charge is 2.34. The summed E-state index contributed by atoms with van der Waals surface area (Å²) in [6.07, 6.45) is 2.11. The minimum atomic E-state index is 0.210. The first-order valence-corrected chi connectivity index (χ1v) is 9.62. The van der Waals surface area contributed by atoms with Crippen molar-refractivity contribution in [3.8, 4) is 0 Å². The zero-order chi connectivity index (χ0) is 17.9. The number of fused-ring (bicyclic) bond motifs is 1. The Morgan fingerprint density at radius 2 is 1.81 bits per heavy atom. The Balaban J connectivity index is 1.46. The van der Waals surface area contributed by atoms with Gasteiger partial charge >= 0.3 is 0 Å². The first-order valence-electron chi connectivity index (χ1n) is 9.62. The molecule has 0 aliphatic carbocycles. The second-order valence-electron chi connectivity index (χ2n) is 7.48. The number of aryl methyl sites for hydroxylation is 1. The Bertz CT molecular complexity index is 761. The van der Waals surface area contributed by atoms with Gasteiger partial charge in [0.15, 0.2) is 0 Å². The lowest BCUT2D eigenvalue weighted by atomic mass is 9.89. The standard InChI is InChI=1S/C22H27N3O/c23-13-19-14-24(15-20(19)17-7-2-1-3-8-17)16-22(26)25-12-6-10-18-9-4-5-11-21(18)25/h1-5,7-9,11,19-20H,6,10,12-16,23H2/t19-,20+/m1/s1. The Labute approximate surface area is 155 Å². The van der Waals surface area contributed by atoms with Crippen molar-refractivity contribution in [3.05, 3.63) is 65.7 Å². The van der Waals surface area contributed by atoms with E-state index >= 15 is 0 Å². The summed E-state index contributed by atoms with van der Waals surface area (Å²) in [7, 11) is 0. The number of nitrogens with zero attached hydrogens (tertiary/aromatic N) is 2. The van der Waals surface area contributed by atoms with Gasteiger partial charge in [-0.2, -0.15) is 0 Å². The maximum atomic E-state index is 13.0. The van der Waals surface area contributed by atoms with Crippen molar-refractivity contribution in [2.75, 3.05) is 37.6 Å². The average Bonchev–Trinajstić information content (AvgIpc) is 3.11. The fourth-order valence-corrected chi connectivity index (χ4v) is 4.48. The van der Waals surface area contributed by atoms with E-state index < -0.39 is 0 Å². The number of likely N-dealkylation sites (tertiary alicyclic amines) is 1. The molecule has 2 aromatic carbocycles. The second kappa shape index (κ2) is 7.60. The number of benzene rings is 2. The molecule has 0 bridgehead atoms. The molecule has 4 nitrogen and oxygen atoms in total. The summed E-state index contributed by atoms with van der Waals surface area (Å²) in [5.41, 5.74) is 9.76. The fraction of sp³-hybridized carbons (Fsp3) is 0.409. The largest absolute Gasteiger partial charge is 0.330 e. The third-order valence-electron chi connectivity index (χ3n) is 5.82. The molecule has 0 saturated carbocycles. The molecule has 2 atom stereocenters. The van der Waals surface area contributed by atoms with Gasteiger partial charge in [0.1, 0.15) is 0 Å². The van der Waals surface area contributed by atoms with Crippen molar-refractivity contribution in [2.24, 2.45) is 11.7 Å². The van der Waals surface area contributed by atoms with Crippen molar-refractivity contribution >= 4 is 11.6 Å². The molecule has 1 fully saturated rings. The van der Waals surface area contributed by atoms with Gasteiger partial charge in [-0.1, -0.05) is 48.5 Å². The summed E-state index contributed by atoms with van der Waals surface area (Å²) in [5.74, 6) is 1.04. The highest BCUT2D eigenvalue weighted by molar-refractivity contribution is 5.96. The molecule has 2 aromatic rings. The number of hydrogen-bond donors (Lipinski definition) is 1. The van der Waals surface area contributed by atoms with E-state index in [9.17, 15) is 4.79 Å². The zero-order valence-electron chi connectivity index (χ0n) is 15.2. The molecular weight excluding hydrogens is 322 g/mol.